The largest absolute Gasteiger partial charge is 0.352 e. The van der Waals surface area contributed by atoms with Gasteiger partial charge in [-0.05, 0) is 48.6 Å². The van der Waals surface area contributed by atoms with Gasteiger partial charge in [0.1, 0.15) is 4.90 Å². The van der Waals surface area contributed by atoms with E-state index in [1.807, 2.05) is 0 Å². The van der Waals surface area contributed by atoms with E-state index in [0.29, 0.717) is 23.6 Å². The lowest BCUT2D eigenvalue weighted by atomic mass is 9.89. The molecule has 1 fully saturated rings. The number of nitrogens with zero attached hydrogens (tertiary/aromatic N) is 1. The molecule has 1 heterocycles. The summed E-state index contributed by atoms with van der Waals surface area (Å²) >= 11 is 0. The van der Waals surface area contributed by atoms with Gasteiger partial charge in [-0.15, -0.1) is 0 Å². The third-order valence-corrected chi connectivity index (χ3v) is 7.52. The first-order chi connectivity index (χ1) is 14.0. The van der Waals surface area contributed by atoms with E-state index in [0.717, 1.165) is 4.31 Å². The number of carbonyl (C=O) groups excluding carboxylic acids is 2. The standard InChI is InChI=1S/C22H24N2O4S/c25-21(23-14-16-6-2-1-3-7-16)18-12-10-17(11-13-18)15-24-22(26)19-8-4-5-9-20(19)29(24,27)28/h4-5,8-13,16H,1-3,6-7,14-15H2,(H,23,25). The van der Waals surface area contributed by atoms with E-state index in [1.54, 1.807) is 36.4 Å². The number of rotatable bonds is 5. The van der Waals surface area contributed by atoms with Gasteiger partial charge in [-0.3, -0.25) is 9.59 Å². The minimum absolute atomic E-state index is 0.0451. The Morgan fingerprint density at radius 2 is 1.69 bits per heavy atom. The zero-order chi connectivity index (χ0) is 20.4. The van der Waals surface area contributed by atoms with Gasteiger partial charge in [0.2, 0.25) is 0 Å². The lowest BCUT2D eigenvalue weighted by Crippen LogP contribution is -2.30. The van der Waals surface area contributed by atoms with Crippen molar-refractivity contribution in [3.8, 4) is 0 Å². The topological polar surface area (TPSA) is 83.6 Å². The van der Waals surface area contributed by atoms with Gasteiger partial charge >= 0.3 is 0 Å². The van der Waals surface area contributed by atoms with Crippen molar-refractivity contribution in [2.75, 3.05) is 6.54 Å². The van der Waals surface area contributed by atoms with E-state index in [1.165, 1.54) is 44.2 Å². The van der Waals surface area contributed by atoms with E-state index in [4.69, 9.17) is 0 Å². The van der Waals surface area contributed by atoms with Crippen molar-refractivity contribution in [3.05, 3.63) is 65.2 Å². The predicted molar refractivity (Wildman–Crippen MR) is 109 cm³/mol. The van der Waals surface area contributed by atoms with Gasteiger partial charge in [0.15, 0.2) is 0 Å². The number of nitrogens with one attached hydrogen (secondary N) is 1. The second-order valence-electron chi connectivity index (χ2n) is 7.72. The molecular formula is C22H24N2O4S. The van der Waals surface area contributed by atoms with Crippen LogP contribution in [0.15, 0.2) is 53.4 Å². The van der Waals surface area contributed by atoms with Crippen molar-refractivity contribution in [2.24, 2.45) is 5.92 Å². The molecule has 0 aromatic heterocycles. The lowest BCUT2D eigenvalue weighted by Gasteiger charge is -2.21. The molecule has 2 aromatic rings. The highest BCUT2D eigenvalue weighted by Crippen LogP contribution is 2.31. The van der Waals surface area contributed by atoms with Gasteiger partial charge in [0, 0.05) is 12.1 Å². The Balaban J connectivity index is 1.41. The fraction of sp³-hybridized carbons (Fsp3) is 0.364. The summed E-state index contributed by atoms with van der Waals surface area (Å²) in [6.45, 7) is 0.638. The number of benzene rings is 2. The van der Waals surface area contributed by atoms with Crippen LogP contribution >= 0.6 is 0 Å². The SMILES string of the molecule is O=C(NCC1CCCCC1)c1ccc(CN2C(=O)c3ccccc3S2(=O)=O)cc1. The van der Waals surface area contributed by atoms with Crippen LogP contribution in [0.4, 0.5) is 0 Å². The normalized spacial score (nSPS) is 18.5. The van der Waals surface area contributed by atoms with Crippen LogP contribution in [-0.4, -0.2) is 31.1 Å². The molecule has 1 saturated carbocycles. The Morgan fingerprint density at radius 1 is 1.00 bits per heavy atom. The van der Waals surface area contributed by atoms with Crippen molar-refractivity contribution in [1.82, 2.24) is 9.62 Å². The van der Waals surface area contributed by atoms with Crippen molar-refractivity contribution < 1.29 is 18.0 Å². The van der Waals surface area contributed by atoms with E-state index < -0.39 is 15.9 Å². The van der Waals surface area contributed by atoms with Crippen LogP contribution in [0.25, 0.3) is 0 Å². The minimum Gasteiger partial charge on any atom is -0.352 e. The van der Waals surface area contributed by atoms with E-state index >= 15 is 0 Å². The molecule has 0 spiro atoms. The van der Waals surface area contributed by atoms with Gasteiger partial charge in [-0.1, -0.05) is 43.5 Å². The molecule has 1 aliphatic carbocycles. The molecule has 0 unspecified atom stereocenters. The van der Waals surface area contributed by atoms with E-state index in [2.05, 4.69) is 5.32 Å². The number of hydrogen-bond donors (Lipinski definition) is 1. The van der Waals surface area contributed by atoms with Crippen LogP contribution in [0, 0.1) is 5.92 Å². The number of carbonyl (C=O) groups is 2. The molecule has 4 rings (SSSR count). The van der Waals surface area contributed by atoms with Crippen LogP contribution < -0.4 is 5.32 Å². The maximum atomic E-state index is 12.7. The van der Waals surface area contributed by atoms with Gasteiger partial charge in [0.25, 0.3) is 21.8 Å². The first-order valence-corrected chi connectivity index (χ1v) is 11.4. The summed E-state index contributed by atoms with van der Waals surface area (Å²) in [4.78, 5) is 24.9. The molecule has 152 valence electrons. The molecule has 2 amide bonds. The van der Waals surface area contributed by atoms with Crippen molar-refractivity contribution >= 4 is 21.8 Å². The summed E-state index contributed by atoms with van der Waals surface area (Å²) in [5, 5.41) is 2.99. The van der Waals surface area contributed by atoms with Gasteiger partial charge in [-0.25, -0.2) is 12.7 Å². The third kappa shape index (κ3) is 3.92. The molecule has 0 saturated heterocycles. The first-order valence-electron chi connectivity index (χ1n) is 10.00. The van der Waals surface area contributed by atoms with Gasteiger partial charge in [0.05, 0.1) is 12.1 Å². The fourth-order valence-electron chi connectivity index (χ4n) is 4.04. The van der Waals surface area contributed by atoms with Crippen molar-refractivity contribution in [3.63, 3.8) is 0 Å². The molecule has 29 heavy (non-hydrogen) atoms. The van der Waals surface area contributed by atoms with Crippen LogP contribution in [0.1, 0.15) is 58.4 Å². The van der Waals surface area contributed by atoms with E-state index in [9.17, 15) is 18.0 Å². The maximum Gasteiger partial charge on any atom is 0.269 e. The second-order valence-corrected chi connectivity index (χ2v) is 9.55. The van der Waals surface area contributed by atoms with Crippen molar-refractivity contribution in [2.45, 2.75) is 43.5 Å². The molecule has 1 N–H and O–H groups in total. The zero-order valence-corrected chi connectivity index (χ0v) is 17.0. The number of hydrogen-bond acceptors (Lipinski definition) is 4. The zero-order valence-electron chi connectivity index (χ0n) is 16.1. The molecule has 1 aliphatic heterocycles. The average molecular weight is 413 g/mol. The molecule has 7 heteroatoms. The van der Waals surface area contributed by atoms with Crippen LogP contribution in [-0.2, 0) is 16.6 Å². The first kappa shape index (κ1) is 19.6. The minimum atomic E-state index is -3.84. The highest BCUT2D eigenvalue weighted by molar-refractivity contribution is 7.90. The molecule has 0 bridgehead atoms. The average Bonchev–Trinajstić information content (AvgIpc) is 2.94. The highest BCUT2D eigenvalue weighted by atomic mass is 32.2. The Labute approximate surface area is 171 Å². The smallest absolute Gasteiger partial charge is 0.269 e. The third-order valence-electron chi connectivity index (χ3n) is 5.73. The Kier molecular flexibility index (Phi) is 5.41. The summed E-state index contributed by atoms with van der Waals surface area (Å²) in [7, 11) is -3.84. The molecule has 2 aliphatic rings. The molecule has 2 aromatic carbocycles. The summed E-state index contributed by atoms with van der Waals surface area (Å²) in [5.41, 5.74) is 1.38. The number of sulfonamides is 1. The van der Waals surface area contributed by atoms with Crippen LogP contribution in [0.2, 0.25) is 0 Å². The molecular weight excluding hydrogens is 388 g/mol. The van der Waals surface area contributed by atoms with E-state index in [-0.39, 0.29) is 22.9 Å². The number of amides is 2. The van der Waals surface area contributed by atoms with Crippen molar-refractivity contribution in [1.29, 1.82) is 0 Å². The summed E-state index contributed by atoms with van der Waals surface area (Å²) in [6.07, 6.45) is 6.08. The summed E-state index contributed by atoms with van der Waals surface area (Å²) in [5.74, 6) is -0.0886. The maximum absolute atomic E-state index is 12.7. The monoisotopic (exact) mass is 412 g/mol. The fourth-order valence-corrected chi connectivity index (χ4v) is 5.60. The number of fused-ring (bicyclic) bond motifs is 1. The highest BCUT2D eigenvalue weighted by Gasteiger charge is 2.40. The van der Waals surface area contributed by atoms with Gasteiger partial charge < -0.3 is 5.32 Å². The summed E-state index contributed by atoms with van der Waals surface area (Å²) < 4.78 is 26.2. The molecule has 0 atom stereocenters. The Hall–Kier alpha value is -2.67. The Bertz CT molecular complexity index is 1030. The Morgan fingerprint density at radius 3 is 2.38 bits per heavy atom. The van der Waals surface area contributed by atoms with Gasteiger partial charge in [-0.2, -0.15) is 0 Å². The molecule has 6 nitrogen and oxygen atoms in total. The lowest BCUT2D eigenvalue weighted by molar-refractivity contribution is 0.0863. The predicted octanol–water partition coefficient (Wildman–Crippen LogP) is 3.34. The second kappa shape index (κ2) is 7.99. The quantitative estimate of drug-likeness (QED) is 0.816. The molecule has 0 radical (unpaired) electrons. The summed E-state index contributed by atoms with van der Waals surface area (Å²) in [6, 6.07) is 13.0. The van der Waals surface area contributed by atoms with Crippen LogP contribution in [0.5, 0.6) is 0 Å². The van der Waals surface area contributed by atoms with Crippen LogP contribution in [0.3, 0.4) is 0 Å².